The van der Waals surface area contributed by atoms with Crippen molar-refractivity contribution in [2.45, 2.75) is 84.0 Å². The third-order valence-corrected chi connectivity index (χ3v) is 6.87. The first kappa shape index (κ1) is 22.6. The Morgan fingerprint density at radius 1 is 1.35 bits per heavy atom. The normalized spacial score (nSPS) is 26.2. The summed E-state index contributed by atoms with van der Waals surface area (Å²) in [4.78, 5) is 26.1. The van der Waals surface area contributed by atoms with E-state index in [0.29, 0.717) is 0 Å². The molecule has 0 amide bonds. The highest BCUT2D eigenvalue weighted by Gasteiger charge is 2.48. The monoisotopic (exact) mass is 458 g/mol. The van der Waals surface area contributed by atoms with Crippen LogP contribution in [0, 0.1) is 11.3 Å². The number of methoxy groups -OCH3 is 1. The lowest BCUT2D eigenvalue weighted by atomic mass is 10.1. The largest absolute Gasteiger partial charge is 0.374 e. The van der Waals surface area contributed by atoms with Crippen LogP contribution in [0.4, 0.5) is 0 Å². The number of aromatic nitrogens is 2. The molecule has 0 aliphatic carbocycles. The molecular formula is C20H33N4O6P. The second-order valence-corrected chi connectivity index (χ2v) is 8.98. The minimum atomic E-state index is -1.85. The SMILES string of the molecule is [2H]C([2H])(C)[C@H]1O[C@@H](n2ccc(=O)[nH]c2=O)[C@H](OC)[C@@H]1OP(OCCC#N)N(C(C)C)C(C)C. The Morgan fingerprint density at radius 3 is 2.55 bits per heavy atom. The van der Waals surface area contributed by atoms with Crippen LogP contribution in [0.5, 0.6) is 0 Å². The number of nitriles is 1. The molecular weight excluding hydrogens is 423 g/mol. The van der Waals surface area contributed by atoms with E-state index in [4.69, 9.17) is 26.5 Å². The van der Waals surface area contributed by atoms with Crippen molar-refractivity contribution in [3.63, 3.8) is 0 Å². The number of aromatic amines is 1. The van der Waals surface area contributed by atoms with E-state index in [-0.39, 0.29) is 25.1 Å². The van der Waals surface area contributed by atoms with Crippen molar-refractivity contribution >= 4 is 8.53 Å². The lowest BCUT2D eigenvalue weighted by Gasteiger charge is -2.38. The molecule has 2 rings (SSSR count). The predicted octanol–water partition coefficient (Wildman–Crippen LogP) is 2.52. The second kappa shape index (κ2) is 11.9. The molecule has 1 aliphatic heterocycles. The molecule has 2 heterocycles. The molecule has 1 fully saturated rings. The van der Waals surface area contributed by atoms with Gasteiger partial charge in [-0.15, -0.1) is 0 Å². The number of nitrogens with one attached hydrogen (secondary N) is 1. The van der Waals surface area contributed by atoms with Crippen molar-refractivity contribution in [1.82, 2.24) is 14.2 Å². The maximum absolute atomic E-state index is 12.4. The highest BCUT2D eigenvalue weighted by Crippen LogP contribution is 2.50. The van der Waals surface area contributed by atoms with Gasteiger partial charge in [-0.25, -0.2) is 9.46 Å². The Morgan fingerprint density at radius 2 is 2.03 bits per heavy atom. The van der Waals surface area contributed by atoms with E-state index in [9.17, 15) is 9.59 Å². The first-order valence-corrected chi connectivity index (χ1v) is 11.3. The van der Waals surface area contributed by atoms with E-state index < -0.39 is 50.7 Å². The van der Waals surface area contributed by atoms with Crippen LogP contribution in [0.1, 0.15) is 56.4 Å². The predicted molar refractivity (Wildman–Crippen MR) is 116 cm³/mol. The molecule has 0 saturated carbocycles. The van der Waals surface area contributed by atoms with E-state index >= 15 is 0 Å². The third-order valence-electron chi connectivity index (χ3n) is 4.75. The average Bonchev–Trinajstić information content (AvgIpc) is 3.05. The summed E-state index contributed by atoms with van der Waals surface area (Å²) in [6.07, 6.45) is -4.34. The van der Waals surface area contributed by atoms with Crippen molar-refractivity contribution in [3.8, 4) is 6.07 Å². The molecule has 1 aromatic rings. The molecule has 10 nitrogen and oxygen atoms in total. The molecule has 1 N–H and O–H groups in total. The van der Waals surface area contributed by atoms with Crippen molar-refractivity contribution in [2.24, 2.45) is 0 Å². The topological polar surface area (TPSA) is 119 Å². The summed E-state index contributed by atoms with van der Waals surface area (Å²) in [6, 6.07) is 3.30. The van der Waals surface area contributed by atoms with E-state index in [1.54, 1.807) is 0 Å². The van der Waals surface area contributed by atoms with Crippen molar-refractivity contribution in [2.75, 3.05) is 13.7 Å². The Balaban J connectivity index is 2.47. The molecule has 1 saturated heterocycles. The van der Waals surface area contributed by atoms with E-state index in [2.05, 4.69) is 4.98 Å². The first-order chi connectivity index (χ1) is 15.4. The van der Waals surface area contributed by atoms with Gasteiger partial charge >= 0.3 is 5.69 Å². The maximum Gasteiger partial charge on any atom is 0.330 e. The quantitative estimate of drug-likeness (QED) is 0.397. The molecule has 11 heteroatoms. The van der Waals surface area contributed by atoms with Crippen molar-refractivity contribution in [1.29, 1.82) is 5.26 Å². The molecule has 0 bridgehead atoms. The van der Waals surface area contributed by atoms with Gasteiger partial charge in [-0.1, -0.05) is 6.92 Å². The fraction of sp³-hybridized carbons (Fsp3) is 0.750. The third kappa shape index (κ3) is 6.22. The zero-order valence-electron chi connectivity index (χ0n) is 20.8. The zero-order chi connectivity index (χ0) is 24.9. The fourth-order valence-corrected chi connectivity index (χ4v) is 5.23. The summed E-state index contributed by atoms with van der Waals surface area (Å²) < 4.78 is 43.8. The lowest BCUT2D eigenvalue weighted by Crippen LogP contribution is -2.41. The fourth-order valence-electron chi connectivity index (χ4n) is 3.49. The van der Waals surface area contributed by atoms with E-state index in [0.717, 1.165) is 4.57 Å². The number of hydrogen-bond acceptors (Lipinski definition) is 8. The van der Waals surface area contributed by atoms with Crippen LogP contribution in [0.2, 0.25) is 0 Å². The van der Waals surface area contributed by atoms with Crippen LogP contribution >= 0.6 is 8.53 Å². The Kier molecular flexibility index (Phi) is 8.64. The van der Waals surface area contributed by atoms with Crippen LogP contribution in [-0.2, 0) is 18.5 Å². The molecule has 1 aromatic heterocycles. The average molecular weight is 458 g/mol. The summed E-state index contributed by atoms with van der Waals surface area (Å²) in [5, 5.41) is 8.93. The Hall–Kier alpha value is -1.60. The summed E-state index contributed by atoms with van der Waals surface area (Å²) in [5.74, 6) is 0. The van der Waals surface area contributed by atoms with Gasteiger partial charge in [0.1, 0.15) is 12.2 Å². The number of H-pyrrole nitrogens is 1. The Labute approximate surface area is 186 Å². The molecule has 174 valence electrons. The van der Waals surface area contributed by atoms with Gasteiger partial charge in [0.2, 0.25) is 0 Å². The number of hydrogen-bond donors (Lipinski definition) is 1. The highest BCUT2D eigenvalue weighted by molar-refractivity contribution is 7.44. The van der Waals surface area contributed by atoms with Gasteiger partial charge in [-0.05, 0) is 34.1 Å². The molecule has 1 aliphatic rings. The lowest BCUT2D eigenvalue weighted by molar-refractivity contribution is -0.0539. The van der Waals surface area contributed by atoms with Gasteiger partial charge in [0, 0.05) is 34.2 Å². The highest BCUT2D eigenvalue weighted by atomic mass is 31.2. The van der Waals surface area contributed by atoms with E-state index in [1.807, 2.05) is 38.4 Å². The number of nitrogens with zero attached hydrogens (tertiary/aromatic N) is 3. The summed E-state index contributed by atoms with van der Waals surface area (Å²) >= 11 is 0. The van der Waals surface area contributed by atoms with Crippen LogP contribution in [0.3, 0.4) is 0 Å². The number of rotatable bonds is 11. The smallest absolute Gasteiger partial charge is 0.330 e. The summed E-state index contributed by atoms with van der Waals surface area (Å²) in [6.45, 7) is 9.47. The van der Waals surface area contributed by atoms with Gasteiger partial charge in [0.25, 0.3) is 14.1 Å². The molecule has 1 unspecified atom stereocenters. The van der Waals surface area contributed by atoms with Gasteiger partial charge in [-0.3, -0.25) is 14.3 Å². The van der Waals surface area contributed by atoms with E-state index in [1.165, 1.54) is 26.3 Å². The van der Waals surface area contributed by atoms with Gasteiger partial charge < -0.3 is 18.5 Å². The Bertz CT molecular complexity index is 921. The molecule has 5 atom stereocenters. The molecule has 0 aromatic carbocycles. The standard InChI is InChI=1S/C20H33N4O6P/c1-7-15-17(30-31(28-12-8-10-21)24(13(2)3)14(4)5)18(27-6)19(29-15)23-11-9-16(25)22-20(23)26/h9,11,13-15,17-19H,7-8,12H2,1-6H3,(H,22,25,26)/t15-,17-,18-,19-,31?/m1/s1/i7D2. The van der Waals surface area contributed by atoms with Gasteiger partial charge in [-0.2, -0.15) is 5.26 Å². The van der Waals surface area contributed by atoms with Crippen molar-refractivity contribution in [3.05, 3.63) is 33.1 Å². The van der Waals surface area contributed by atoms with Crippen LogP contribution < -0.4 is 11.2 Å². The molecule has 31 heavy (non-hydrogen) atoms. The first-order valence-electron chi connectivity index (χ1n) is 11.2. The van der Waals surface area contributed by atoms with Gasteiger partial charge in [0.15, 0.2) is 6.23 Å². The van der Waals surface area contributed by atoms with Crippen molar-refractivity contribution < 1.29 is 21.3 Å². The van der Waals surface area contributed by atoms with Crippen LogP contribution in [0.15, 0.2) is 21.9 Å². The second-order valence-electron chi connectivity index (χ2n) is 7.57. The molecule has 0 spiro atoms. The maximum atomic E-state index is 12.4. The summed E-state index contributed by atoms with van der Waals surface area (Å²) in [5.41, 5.74) is -1.26. The van der Waals surface area contributed by atoms with Crippen LogP contribution in [-0.4, -0.2) is 58.3 Å². The zero-order valence-corrected chi connectivity index (χ0v) is 19.7. The molecule has 0 radical (unpaired) electrons. The van der Waals surface area contributed by atoms with Crippen LogP contribution in [0.25, 0.3) is 0 Å². The number of ether oxygens (including phenoxy) is 2. The minimum Gasteiger partial charge on any atom is -0.374 e. The van der Waals surface area contributed by atoms with Gasteiger partial charge in [0.05, 0.1) is 25.2 Å². The summed E-state index contributed by atoms with van der Waals surface area (Å²) in [7, 11) is -0.302. The minimum absolute atomic E-state index is 0.0379.